The molecular formula is C20H16Cl2N2O3S. The molecule has 144 valence electrons. The molecule has 3 aromatic rings. The summed E-state index contributed by atoms with van der Waals surface area (Å²) in [5, 5.41) is 3.40. The van der Waals surface area contributed by atoms with Gasteiger partial charge in [-0.05, 0) is 61.0 Å². The zero-order valence-corrected chi connectivity index (χ0v) is 17.1. The molecule has 0 saturated heterocycles. The first-order valence-corrected chi connectivity index (χ1v) is 10.4. The van der Waals surface area contributed by atoms with Gasteiger partial charge in [0.05, 0.1) is 15.5 Å². The van der Waals surface area contributed by atoms with E-state index in [4.69, 9.17) is 23.2 Å². The lowest BCUT2D eigenvalue weighted by Gasteiger charge is -2.11. The molecule has 0 aliphatic carbocycles. The lowest BCUT2D eigenvalue weighted by molar-refractivity contribution is 0.102. The maximum absolute atomic E-state index is 12.5. The number of rotatable bonds is 5. The van der Waals surface area contributed by atoms with Crippen LogP contribution in [0.25, 0.3) is 0 Å². The normalized spacial score (nSPS) is 11.1. The second-order valence-electron chi connectivity index (χ2n) is 6.03. The molecule has 0 spiro atoms. The smallest absolute Gasteiger partial charge is 0.261 e. The molecule has 0 saturated carbocycles. The zero-order valence-electron chi connectivity index (χ0n) is 14.7. The Morgan fingerprint density at radius 3 is 2.14 bits per heavy atom. The number of carbonyl (C=O) groups is 1. The van der Waals surface area contributed by atoms with Gasteiger partial charge >= 0.3 is 0 Å². The molecule has 0 aromatic heterocycles. The number of benzene rings is 3. The molecular weight excluding hydrogens is 419 g/mol. The Morgan fingerprint density at radius 2 is 1.50 bits per heavy atom. The van der Waals surface area contributed by atoms with Gasteiger partial charge < -0.3 is 5.32 Å². The number of para-hydroxylation sites is 1. The van der Waals surface area contributed by atoms with E-state index in [1.165, 1.54) is 30.3 Å². The van der Waals surface area contributed by atoms with Gasteiger partial charge in [0.15, 0.2) is 0 Å². The van der Waals surface area contributed by atoms with Gasteiger partial charge in [-0.15, -0.1) is 0 Å². The highest BCUT2D eigenvalue weighted by molar-refractivity contribution is 7.92. The van der Waals surface area contributed by atoms with E-state index in [9.17, 15) is 13.2 Å². The Bertz CT molecular complexity index is 1120. The minimum atomic E-state index is -3.73. The maximum atomic E-state index is 12.5. The summed E-state index contributed by atoms with van der Waals surface area (Å²) in [6, 6.07) is 17.5. The predicted molar refractivity (Wildman–Crippen MR) is 113 cm³/mol. The molecule has 3 aromatic carbocycles. The summed E-state index contributed by atoms with van der Waals surface area (Å²) < 4.78 is 27.4. The SMILES string of the molecule is Cc1cc(C(=O)Nc2ccc(S(=O)(=O)Nc3ccccc3)cc2)c(Cl)cc1Cl. The highest BCUT2D eigenvalue weighted by Gasteiger charge is 2.16. The molecule has 5 nitrogen and oxygen atoms in total. The molecule has 3 rings (SSSR count). The minimum Gasteiger partial charge on any atom is -0.322 e. The van der Waals surface area contributed by atoms with Crippen molar-refractivity contribution in [1.82, 2.24) is 0 Å². The topological polar surface area (TPSA) is 75.3 Å². The highest BCUT2D eigenvalue weighted by atomic mass is 35.5. The van der Waals surface area contributed by atoms with Crippen molar-refractivity contribution in [2.75, 3.05) is 10.0 Å². The first-order chi connectivity index (χ1) is 13.3. The Morgan fingerprint density at radius 1 is 0.857 bits per heavy atom. The van der Waals surface area contributed by atoms with Crippen LogP contribution in [0.1, 0.15) is 15.9 Å². The van der Waals surface area contributed by atoms with E-state index in [0.29, 0.717) is 16.4 Å². The van der Waals surface area contributed by atoms with Crippen LogP contribution in [0.5, 0.6) is 0 Å². The fourth-order valence-electron chi connectivity index (χ4n) is 2.47. The Labute approximate surface area is 173 Å². The zero-order chi connectivity index (χ0) is 20.3. The van der Waals surface area contributed by atoms with Gasteiger partial charge in [-0.25, -0.2) is 8.42 Å². The molecule has 0 heterocycles. The monoisotopic (exact) mass is 434 g/mol. The van der Waals surface area contributed by atoms with Crippen molar-refractivity contribution in [2.45, 2.75) is 11.8 Å². The van der Waals surface area contributed by atoms with Crippen LogP contribution < -0.4 is 10.0 Å². The van der Waals surface area contributed by atoms with E-state index in [1.54, 1.807) is 43.3 Å². The minimum absolute atomic E-state index is 0.0784. The third-order valence-electron chi connectivity index (χ3n) is 3.94. The molecule has 0 bridgehead atoms. The fourth-order valence-corrected chi connectivity index (χ4v) is 3.99. The first-order valence-electron chi connectivity index (χ1n) is 8.21. The molecule has 2 N–H and O–H groups in total. The summed E-state index contributed by atoms with van der Waals surface area (Å²) in [6.07, 6.45) is 0. The van der Waals surface area contributed by atoms with Crippen LogP contribution in [0.3, 0.4) is 0 Å². The van der Waals surface area contributed by atoms with Crippen molar-refractivity contribution in [3.63, 3.8) is 0 Å². The van der Waals surface area contributed by atoms with Gasteiger partial charge in [0.1, 0.15) is 0 Å². The summed E-state index contributed by atoms with van der Waals surface area (Å²) in [6.45, 7) is 1.77. The van der Waals surface area contributed by atoms with Crippen LogP contribution in [0, 0.1) is 6.92 Å². The molecule has 0 unspecified atom stereocenters. The fraction of sp³-hybridized carbons (Fsp3) is 0.0500. The summed E-state index contributed by atoms with van der Waals surface area (Å²) in [4.78, 5) is 12.5. The second kappa shape index (κ2) is 8.22. The van der Waals surface area contributed by atoms with Crippen molar-refractivity contribution < 1.29 is 13.2 Å². The maximum Gasteiger partial charge on any atom is 0.261 e. The van der Waals surface area contributed by atoms with Crippen LogP contribution in [-0.2, 0) is 10.0 Å². The van der Waals surface area contributed by atoms with E-state index < -0.39 is 15.9 Å². The first kappa shape index (κ1) is 20.2. The average molecular weight is 435 g/mol. The molecule has 0 fully saturated rings. The molecule has 0 aliphatic heterocycles. The quantitative estimate of drug-likeness (QED) is 0.567. The van der Waals surface area contributed by atoms with Gasteiger partial charge in [-0.1, -0.05) is 41.4 Å². The number of halogens is 2. The summed E-state index contributed by atoms with van der Waals surface area (Å²) in [5.41, 5.74) is 1.91. The summed E-state index contributed by atoms with van der Waals surface area (Å²) in [7, 11) is -3.73. The lowest BCUT2D eigenvalue weighted by Crippen LogP contribution is -2.14. The highest BCUT2D eigenvalue weighted by Crippen LogP contribution is 2.26. The van der Waals surface area contributed by atoms with E-state index >= 15 is 0 Å². The molecule has 0 atom stereocenters. The number of anilines is 2. The molecule has 28 heavy (non-hydrogen) atoms. The Balaban J connectivity index is 1.76. The van der Waals surface area contributed by atoms with Gasteiger partial charge in [0, 0.05) is 16.4 Å². The van der Waals surface area contributed by atoms with Crippen LogP contribution in [0.2, 0.25) is 10.0 Å². The number of hydrogen-bond donors (Lipinski definition) is 2. The number of carbonyl (C=O) groups excluding carboxylic acids is 1. The van der Waals surface area contributed by atoms with Gasteiger partial charge in [-0.2, -0.15) is 0 Å². The van der Waals surface area contributed by atoms with Crippen LogP contribution >= 0.6 is 23.2 Å². The van der Waals surface area contributed by atoms with E-state index in [-0.39, 0.29) is 15.5 Å². The van der Waals surface area contributed by atoms with Crippen LogP contribution in [0.15, 0.2) is 71.6 Å². The number of aryl methyl sites for hydroxylation is 1. The molecule has 8 heteroatoms. The second-order valence-corrected chi connectivity index (χ2v) is 8.53. The molecule has 0 radical (unpaired) electrons. The number of amides is 1. The summed E-state index contributed by atoms with van der Waals surface area (Å²) >= 11 is 12.1. The van der Waals surface area contributed by atoms with Gasteiger partial charge in [-0.3, -0.25) is 9.52 Å². The van der Waals surface area contributed by atoms with Crippen molar-refractivity contribution in [2.24, 2.45) is 0 Å². The third-order valence-corrected chi connectivity index (χ3v) is 6.06. The molecule has 1 amide bonds. The average Bonchev–Trinajstić information content (AvgIpc) is 2.65. The predicted octanol–water partition coefficient (Wildman–Crippen LogP) is 5.35. The number of nitrogens with one attached hydrogen (secondary N) is 2. The van der Waals surface area contributed by atoms with Crippen LogP contribution in [-0.4, -0.2) is 14.3 Å². The third kappa shape index (κ3) is 4.65. The van der Waals surface area contributed by atoms with Crippen molar-refractivity contribution in [1.29, 1.82) is 0 Å². The van der Waals surface area contributed by atoms with Crippen molar-refractivity contribution in [3.05, 3.63) is 87.9 Å². The number of hydrogen-bond acceptors (Lipinski definition) is 3. The van der Waals surface area contributed by atoms with Gasteiger partial charge in [0.2, 0.25) is 0 Å². The number of sulfonamides is 1. The molecule has 0 aliphatic rings. The summed E-state index contributed by atoms with van der Waals surface area (Å²) in [5.74, 6) is -0.414. The lowest BCUT2D eigenvalue weighted by atomic mass is 10.1. The van der Waals surface area contributed by atoms with E-state index in [2.05, 4.69) is 10.0 Å². The van der Waals surface area contributed by atoms with Crippen molar-refractivity contribution in [3.8, 4) is 0 Å². The Hall–Kier alpha value is -2.54. The largest absolute Gasteiger partial charge is 0.322 e. The van der Waals surface area contributed by atoms with Gasteiger partial charge in [0.25, 0.3) is 15.9 Å². The standard InChI is InChI=1S/C20H16Cl2N2O3S/c1-13-11-17(19(22)12-18(13)21)20(25)23-14-7-9-16(10-8-14)28(26,27)24-15-5-3-2-4-6-15/h2-12,24H,1H3,(H,23,25). The van der Waals surface area contributed by atoms with Crippen molar-refractivity contribution >= 4 is 50.5 Å². The van der Waals surface area contributed by atoms with E-state index in [1.807, 2.05) is 0 Å². The van der Waals surface area contributed by atoms with E-state index in [0.717, 1.165) is 5.56 Å². The van der Waals surface area contributed by atoms with Crippen LogP contribution in [0.4, 0.5) is 11.4 Å². The Kier molecular flexibility index (Phi) is 5.93.